The predicted molar refractivity (Wildman–Crippen MR) is 60.4 cm³/mol. The summed E-state index contributed by atoms with van der Waals surface area (Å²) >= 11 is 0. The van der Waals surface area contributed by atoms with E-state index >= 15 is 0 Å². The summed E-state index contributed by atoms with van der Waals surface area (Å²) in [4.78, 5) is 2.36. The first-order valence-electron chi connectivity index (χ1n) is 5.47. The number of aryl methyl sites for hydroxylation is 1. The normalized spacial score (nSPS) is 15.7. The molecular weight excluding hydrogens is 184 g/mol. The Morgan fingerprint density at radius 3 is 3.07 bits per heavy atom. The molecule has 0 amide bonds. The van der Waals surface area contributed by atoms with Crippen molar-refractivity contribution in [3.8, 4) is 6.07 Å². The molecule has 0 atom stereocenters. The highest BCUT2D eigenvalue weighted by molar-refractivity contribution is 5.33. The van der Waals surface area contributed by atoms with E-state index in [2.05, 4.69) is 36.1 Å². The molecule has 0 saturated heterocycles. The highest BCUT2D eigenvalue weighted by atomic mass is 15.1. The zero-order valence-corrected chi connectivity index (χ0v) is 9.16. The van der Waals surface area contributed by atoms with Crippen LogP contribution in [-0.2, 0) is 13.0 Å². The van der Waals surface area contributed by atoms with Crippen molar-refractivity contribution in [2.45, 2.75) is 26.3 Å². The molecule has 0 bridgehead atoms. The van der Waals surface area contributed by atoms with E-state index in [0.717, 1.165) is 26.1 Å². The van der Waals surface area contributed by atoms with Gasteiger partial charge in [0.2, 0.25) is 0 Å². The van der Waals surface area contributed by atoms with Gasteiger partial charge >= 0.3 is 0 Å². The third-order valence-corrected chi connectivity index (χ3v) is 2.99. The van der Waals surface area contributed by atoms with Gasteiger partial charge < -0.3 is 0 Å². The lowest BCUT2D eigenvalue weighted by Crippen LogP contribution is -2.31. The van der Waals surface area contributed by atoms with Crippen molar-refractivity contribution < 1.29 is 0 Å². The Labute approximate surface area is 91.1 Å². The van der Waals surface area contributed by atoms with Crippen LogP contribution in [0.4, 0.5) is 0 Å². The van der Waals surface area contributed by atoms with Gasteiger partial charge in [-0.05, 0) is 24.5 Å². The molecule has 78 valence electrons. The molecule has 0 N–H and O–H groups in total. The number of nitrogens with zero attached hydrogens (tertiary/aromatic N) is 2. The Kier molecular flexibility index (Phi) is 3.03. The monoisotopic (exact) mass is 200 g/mol. The van der Waals surface area contributed by atoms with Crippen molar-refractivity contribution in [3.63, 3.8) is 0 Å². The fourth-order valence-electron chi connectivity index (χ4n) is 2.14. The molecule has 2 heteroatoms. The Bertz CT molecular complexity index is 390. The fraction of sp³-hybridized carbons (Fsp3) is 0.462. The minimum atomic E-state index is 0.640. The molecular formula is C13H16N2. The Morgan fingerprint density at radius 2 is 2.27 bits per heavy atom. The number of rotatable bonds is 2. The van der Waals surface area contributed by atoms with Crippen molar-refractivity contribution in [2.75, 3.05) is 13.1 Å². The largest absolute Gasteiger partial charge is 0.298 e. The Hall–Kier alpha value is -1.33. The van der Waals surface area contributed by atoms with Gasteiger partial charge in [0.1, 0.15) is 0 Å². The van der Waals surface area contributed by atoms with E-state index < -0.39 is 0 Å². The maximum Gasteiger partial charge on any atom is 0.0635 e. The van der Waals surface area contributed by atoms with Crippen LogP contribution in [0.25, 0.3) is 0 Å². The topological polar surface area (TPSA) is 27.0 Å². The summed E-state index contributed by atoms with van der Waals surface area (Å²) in [6, 6.07) is 8.89. The zero-order chi connectivity index (χ0) is 10.7. The van der Waals surface area contributed by atoms with Gasteiger partial charge in [-0.1, -0.05) is 23.8 Å². The average Bonchev–Trinajstić information content (AvgIpc) is 2.26. The van der Waals surface area contributed by atoms with Gasteiger partial charge in [0.15, 0.2) is 0 Å². The van der Waals surface area contributed by atoms with Crippen LogP contribution in [0.1, 0.15) is 23.1 Å². The molecule has 0 aromatic heterocycles. The van der Waals surface area contributed by atoms with Gasteiger partial charge in [-0.2, -0.15) is 5.26 Å². The van der Waals surface area contributed by atoms with E-state index in [9.17, 15) is 0 Å². The van der Waals surface area contributed by atoms with E-state index in [1.54, 1.807) is 0 Å². The molecule has 2 nitrogen and oxygen atoms in total. The molecule has 1 aromatic carbocycles. The molecule has 15 heavy (non-hydrogen) atoms. The van der Waals surface area contributed by atoms with E-state index in [-0.39, 0.29) is 0 Å². The molecule has 0 unspecified atom stereocenters. The number of hydrogen-bond acceptors (Lipinski definition) is 2. The highest BCUT2D eigenvalue weighted by Crippen LogP contribution is 2.19. The van der Waals surface area contributed by atoms with Crippen LogP contribution in [0, 0.1) is 18.3 Å². The Morgan fingerprint density at radius 1 is 1.40 bits per heavy atom. The lowest BCUT2D eigenvalue weighted by Gasteiger charge is -2.28. The minimum Gasteiger partial charge on any atom is -0.298 e. The zero-order valence-electron chi connectivity index (χ0n) is 9.16. The lowest BCUT2D eigenvalue weighted by molar-refractivity contribution is 0.260. The number of fused-ring (bicyclic) bond motifs is 1. The van der Waals surface area contributed by atoms with Gasteiger partial charge in [0, 0.05) is 26.1 Å². The predicted octanol–water partition coefficient (Wildman–Crippen LogP) is 2.27. The SMILES string of the molecule is Cc1ccc2c(c1)CCN(CCC#N)C2. The van der Waals surface area contributed by atoms with Crippen LogP contribution in [0.2, 0.25) is 0 Å². The van der Waals surface area contributed by atoms with Gasteiger partial charge in [-0.25, -0.2) is 0 Å². The van der Waals surface area contributed by atoms with Crippen LogP contribution >= 0.6 is 0 Å². The van der Waals surface area contributed by atoms with Gasteiger partial charge in [0.05, 0.1) is 6.07 Å². The molecule has 1 aliphatic heterocycles. The van der Waals surface area contributed by atoms with Crippen LogP contribution in [0.15, 0.2) is 18.2 Å². The molecule has 2 rings (SSSR count). The van der Waals surface area contributed by atoms with E-state index in [0.29, 0.717) is 6.42 Å². The second kappa shape index (κ2) is 4.46. The summed E-state index contributed by atoms with van der Waals surface area (Å²) in [5.74, 6) is 0. The maximum atomic E-state index is 8.55. The van der Waals surface area contributed by atoms with Gasteiger partial charge in [-0.3, -0.25) is 4.90 Å². The summed E-state index contributed by atoms with van der Waals surface area (Å²) in [5, 5.41) is 8.55. The lowest BCUT2D eigenvalue weighted by atomic mass is 9.98. The van der Waals surface area contributed by atoms with Crippen molar-refractivity contribution >= 4 is 0 Å². The number of benzene rings is 1. The first kappa shape index (κ1) is 10.2. The summed E-state index contributed by atoms with van der Waals surface area (Å²) in [6.07, 6.45) is 1.77. The van der Waals surface area contributed by atoms with Crippen LogP contribution in [-0.4, -0.2) is 18.0 Å². The van der Waals surface area contributed by atoms with Gasteiger partial charge in [0.25, 0.3) is 0 Å². The second-order valence-corrected chi connectivity index (χ2v) is 4.21. The molecule has 0 spiro atoms. The van der Waals surface area contributed by atoms with Crippen LogP contribution in [0.3, 0.4) is 0 Å². The molecule has 1 aromatic rings. The summed E-state index contributed by atoms with van der Waals surface area (Å²) in [7, 11) is 0. The van der Waals surface area contributed by atoms with Crippen molar-refractivity contribution in [1.82, 2.24) is 4.90 Å². The van der Waals surface area contributed by atoms with Crippen molar-refractivity contribution in [3.05, 3.63) is 34.9 Å². The fourth-order valence-corrected chi connectivity index (χ4v) is 2.14. The quantitative estimate of drug-likeness (QED) is 0.732. The van der Waals surface area contributed by atoms with E-state index in [4.69, 9.17) is 5.26 Å². The highest BCUT2D eigenvalue weighted by Gasteiger charge is 2.15. The van der Waals surface area contributed by atoms with E-state index in [1.165, 1.54) is 16.7 Å². The van der Waals surface area contributed by atoms with E-state index in [1.807, 2.05) is 0 Å². The first-order valence-corrected chi connectivity index (χ1v) is 5.47. The molecule has 1 heterocycles. The molecule has 1 aliphatic rings. The first-order chi connectivity index (χ1) is 7.29. The van der Waals surface area contributed by atoms with Crippen molar-refractivity contribution in [1.29, 1.82) is 5.26 Å². The number of nitriles is 1. The maximum absolute atomic E-state index is 8.55. The standard InChI is InChI=1S/C13H16N2/c1-11-3-4-13-10-15(7-2-6-14)8-5-12(13)9-11/h3-4,9H,2,5,7-8,10H2,1H3. The van der Waals surface area contributed by atoms with Crippen molar-refractivity contribution in [2.24, 2.45) is 0 Å². The van der Waals surface area contributed by atoms with Gasteiger partial charge in [-0.15, -0.1) is 0 Å². The molecule has 0 fully saturated rings. The Balaban J connectivity index is 2.07. The summed E-state index contributed by atoms with van der Waals surface area (Å²) in [5.41, 5.74) is 4.27. The average molecular weight is 200 g/mol. The minimum absolute atomic E-state index is 0.640. The second-order valence-electron chi connectivity index (χ2n) is 4.21. The molecule has 0 aliphatic carbocycles. The molecule has 0 saturated carbocycles. The summed E-state index contributed by atoms with van der Waals surface area (Å²) < 4.78 is 0. The third-order valence-electron chi connectivity index (χ3n) is 2.99. The third kappa shape index (κ3) is 2.37. The summed E-state index contributed by atoms with van der Waals surface area (Å²) in [6.45, 7) is 5.15. The van der Waals surface area contributed by atoms with Crippen LogP contribution < -0.4 is 0 Å². The van der Waals surface area contributed by atoms with Crippen LogP contribution in [0.5, 0.6) is 0 Å². The smallest absolute Gasteiger partial charge is 0.0635 e. The number of hydrogen-bond donors (Lipinski definition) is 0. The molecule has 0 radical (unpaired) electrons.